The summed E-state index contributed by atoms with van der Waals surface area (Å²) in [5.74, 6) is 1.07. The third kappa shape index (κ3) is 8.85. The Morgan fingerprint density at radius 1 is 0.423 bits per heavy atom. The number of nitrogens with zero attached hydrogens (tertiary/aromatic N) is 3. The second kappa shape index (κ2) is 20.3. The van der Waals surface area contributed by atoms with E-state index in [0.29, 0.717) is 11.9 Å². The molecule has 0 N–H and O–H groups in total. The monoisotopic (exact) mass is 1040 g/mol. The molecule has 2 heterocycles. The van der Waals surface area contributed by atoms with Crippen molar-refractivity contribution in [1.29, 1.82) is 0 Å². The molecule has 0 saturated heterocycles. The van der Waals surface area contributed by atoms with Crippen LogP contribution in [0.5, 0.6) is 0 Å². The molecule has 1 aliphatic rings. The van der Waals surface area contributed by atoms with Crippen LogP contribution in [0.25, 0.3) is 50.3 Å². The molecule has 0 fully saturated rings. The summed E-state index contributed by atoms with van der Waals surface area (Å²) in [6.45, 7) is 16.3. The first-order valence-electron chi connectivity index (χ1n) is 27.7. The minimum atomic E-state index is -2.90. The Labute approximate surface area is 463 Å². The molecule has 1 aliphatic carbocycles. The molecule has 78 heavy (non-hydrogen) atoms. The quantitative estimate of drug-likeness (QED) is 0.0955. The van der Waals surface area contributed by atoms with E-state index in [4.69, 9.17) is 9.97 Å². The fraction of sp³-hybridized carbons (Fsp3) is 0.151. The van der Waals surface area contributed by atoms with Crippen molar-refractivity contribution >= 4 is 74.3 Å². The van der Waals surface area contributed by atoms with Crippen LogP contribution in [0.4, 0.5) is 0 Å². The number of hydrogen-bond acceptors (Lipinski definition) is 2. The van der Waals surface area contributed by atoms with Gasteiger partial charge >= 0.3 is 0 Å². The van der Waals surface area contributed by atoms with Crippen molar-refractivity contribution < 1.29 is 0 Å². The fourth-order valence-corrected chi connectivity index (χ4v) is 22.3. The highest BCUT2D eigenvalue weighted by Crippen LogP contribution is 2.42. The summed E-state index contributed by atoms with van der Waals surface area (Å²) >= 11 is 0. The van der Waals surface area contributed by atoms with Gasteiger partial charge in [-0.15, -0.1) is 0 Å². The molecule has 382 valence electrons. The third-order valence-corrected chi connectivity index (χ3v) is 25.8. The summed E-state index contributed by atoms with van der Waals surface area (Å²) in [6, 6.07) is 90.8. The molecule has 0 spiro atoms. The van der Waals surface area contributed by atoms with Gasteiger partial charge in [-0.05, 0) is 94.0 Å². The summed E-state index contributed by atoms with van der Waals surface area (Å²) in [6.07, 6.45) is 8.41. The van der Waals surface area contributed by atoms with Crippen LogP contribution in [0.3, 0.4) is 0 Å². The van der Waals surface area contributed by atoms with Crippen LogP contribution in [-0.4, -0.2) is 30.7 Å². The lowest BCUT2D eigenvalue weighted by Crippen LogP contribution is -2.74. The largest absolute Gasteiger partial charge is 0.278 e. The van der Waals surface area contributed by atoms with Gasteiger partial charge in [-0.25, -0.2) is 9.97 Å². The van der Waals surface area contributed by atoms with Crippen molar-refractivity contribution in [2.75, 3.05) is 0 Å². The van der Waals surface area contributed by atoms with E-state index in [1.807, 2.05) is 0 Å². The van der Waals surface area contributed by atoms with Crippen LogP contribution >= 0.6 is 0 Å². The summed E-state index contributed by atoms with van der Waals surface area (Å²) in [5, 5.41) is 13.1. The first kappa shape index (κ1) is 50.6. The molecule has 12 rings (SSSR count). The van der Waals surface area contributed by atoms with Crippen LogP contribution in [0.15, 0.2) is 266 Å². The molecule has 0 radical (unpaired) electrons. The molecule has 2 aromatic heterocycles. The molecule has 0 bridgehead atoms. The van der Waals surface area contributed by atoms with Gasteiger partial charge in [0.2, 0.25) is 5.95 Å². The molecule has 0 amide bonds. The van der Waals surface area contributed by atoms with Gasteiger partial charge in [-0.2, -0.15) is 0 Å². The average Bonchev–Trinajstić information content (AvgIpc) is 4.03. The number of hydrogen-bond donors (Lipinski definition) is 0. The maximum absolute atomic E-state index is 5.82. The predicted octanol–water partition coefficient (Wildman–Crippen LogP) is 13.4. The molecule has 11 aromatic rings. The fourth-order valence-electron chi connectivity index (χ4n) is 12.5. The second-order valence-electron chi connectivity index (χ2n) is 23.4. The molecule has 1 unspecified atom stereocenters. The van der Waals surface area contributed by atoms with Gasteiger partial charge in [0, 0.05) is 21.9 Å². The smallest absolute Gasteiger partial charge is 0.235 e. The Balaban J connectivity index is 1.17. The molecule has 9 aromatic carbocycles. The van der Waals surface area contributed by atoms with Crippen molar-refractivity contribution in [2.45, 2.75) is 65.7 Å². The van der Waals surface area contributed by atoms with E-state index in [0.717, 1.165) is 40.0 Å². The van der Waals surface area contributed by atoms with E-state index in [1.54, 1.807) is 0 Å². The normalized spacial score (nSPS) is 14.2. The Morgan fingerprint density at radius 2 is 0.859 bits per heavy atom. The zero-order valence-electron chi connectivity index (χ0n) is 46.0. The Hall–Kier alpha value is -8.23. The Kier molecular flexibility index (Phi) is 13.2. The Morgan fingerprint density at radius 3 is 1.32 bits per heavy atom. The van der Waals surface area contributed by atoms with E-state index in [9.17, 15) is 0 Å². The molecule has 3 nitrogen and oxygen atoms in total. The number of rotatable bonds is 11. The zero-order valence-corrected chi connectivity index (χ0v) is 48.0. The number of allylic oxidation sites excluding steroid dienone is 4. The van der Waals surface area contributed by atoms with Gasteiger partial charge in [0.15, 0.2) is 16.1 Å². The lowest BCUT2D eigenvalue weighted by atomic mass is 9.79. The summed E-state index contributed by atoms with van der Waals surface area (Å²) in [5.41, 5.74) is 8.41. The summed E-state index contributed by atoms with van der Waals surface area (Å²) < 4.78 is 2.38. The standard InChI is InChI=1S/C73H67N3Si2/c1-52-28-25-41-61(46-52)78(59-37-19-11-20-38-59,60-39-21-12-22-40-60)63-43-27-30-54(48-63)68-51-67(74-71(75-68)76-69-45-24-23-44-64(69)65-49-55(72(2,3)4)50-66(70(65)76)73(5,6)7)53-29-26-42-62(47-53)77(56-31-13-8-14-32-56,57-33-15-9-16-34-57)58-35-17-10-18-36-58/h8-27,29-52H,28H2,1-7H3. The lowest BCUT2D eigenvalue weighted by molar-refractivity contribution is 0.572. The minimum absolute atomic E-state index is 0.0612. The van der Waals surface area contributed by atoms with Crippen molar-refractivity contribution in [3.8, 4) is 28.5 Å². The van der Waals surface area contributed by atoms with Crippen molar-refractivity contribution in [3.05, 3.63) is 277 Å². The van der Waals surface area contributed by atoms with E-state index in [-0.39, 0.29) is 10.8 Å². The van der Waals surface area contributed by atoms with Crippen LogP contribution in [0.2, 0.25) is 0 Å². The van der Waals surface area contributed by atoms with Crippen molar-refractivity contribution in [3.63, 3.8) is 0 Å². The topological polar surface area (TPSA) is 30.7 Å². The van der Waals surface area contributed by atoms with Gasteiger partial charge < -0.3 is 0 Å². The molecule has 5 heteroatoms. The molecular weight excluding hydrogens is 975 g/mol. The van der Waals surface area contributed by atoms with Gasteiger partial charge in [0.25, 0.3) is 0 Å². The van der Waals surface area contributed by atoms with Crippen LogP contribution < -0.4 is 36.3 Å². The van der Waals surface area contributed by atoms with Gasteiger partial charge in [0.1, 0.15) is 0 Å². The number of para-hydroxylation sites is 1. The third-order valence-electron chi connectivity index (χ3n) is 16.3. The van der Waals surface area contributed by atoms with Crippen molar-refractivity contribution in [2.24, 2.45) is 5.92 Å². The van der Waals surface area contributed by atoms with Crippen molar-refractivity contribution in [1.82, 2.24) is 14.5 Å². The zero-order chi connectivity index (χ0) is 53.7. The molecular formula is C73H67N3Si2. The maximum atomic E-state index is 5.82. The van der Waals surface area contributed by atoms with Gasteiger partial charge in [0.05, 0.1) is 22.4 Å². The molecule has 0 aliphatic heterocycles. The highest BCUT2D eigenvalue weighted by Gasteiger charge is 2.44. The van der Waals surface area contributed by atoms with Crippen LogP contribution in [0.1, 0.15) is 66.0 Å². The number of benzene rings is 9. The van der Waals surface area contributed by atoms with E-state index in [1.165, 1.54) is 63.4 Å². The highest BCUT2D eigenvalue weighted by atomic mass is 28.3. The highest BCUT2D eigenvalue weighted by molar-refractivity contribution is 7.20. The maximum Gasteiger partial charge on any atom is 0.235 e. The Bertz CT molecular complexity index is 3880. The van der Waals surface area contributed by atoms with E-state index >= 15 is 0 Å². The molecule has 1 atom stereocenters. The summed E-state index contributed by atoms with van der Waals surface area (Å²) in [7, 11) is -5.79. The van der Waals surface area contributed by atoms with E-state index < -0.39 is 16.1 Å². The number of aromatic nitrogens is 3. The van der Waals surface area contributed by atoms with E-state index in [2.05, 4.69) is 314 Å². The minimum Gasteiger partial charge on any atom is -0.278 e. The van der Waals surface area contributed by atoms with Gasteiger partial charge in [-0.3, -0.25) is 4.57 Å². The van der Waals surface area contributed by atoms with Crippen LogP contribution in [0, 0.1) is 5.92 Å². The first-order valence-corrected chi connectivity index (χ1v) is 31.7. The lowest BCUT2D eigenvalue weighted by Gasteiger charge is -2.37. The predicted molar refractivity (Wildman–Crippen MR) is 337 cm³/mol. The molecule has 0 saturated carbocycles. The second-order valence-corrected chi connectivity index (χ2v) is 31.1. The first-order chi connectivity index (χ1) is 37.8. The SMILES string of the molecule is CC1C=C([Si](c2ccccc2)(c2ccccc2)c2cccc(-c3cc(-c4cccc([Si](c5ccccc5)(c5ccccc5)c5ccccc5)c4)nc(-n4c5ccccc5c5cc(C(C)(C)C)cc(C(C)(C)C)c54)n3)c2)C=CC1. The van der Waals surface area contributed by atoms with Gasteiger partial charge in [-0.1, -0.05) is 291 Å². The van der Waals surface area contributed by atoms with Crippen LogP contribution in [-0.2, 0) is 10.8 Å². The summed E-state index contributed by atoms with van der Waals surface area (Å²) in [4.78, 5) is 11.6. The average molecular weight is 1040 g/mol. The number of fused-ring (bicyclic) bond motifs is 3.